The smallest absolute Gasteiger partial charge is 0.307 e. The van der Waals surface area contributed by atoms with E-state index in [2.05, 4.69) is 0 Å². The zero-order valence-electron chi connectivity index (χ0n) is 12.8. The van der Waals surface area contributed by atoms with Crippen LogP contribution in [0.25, 0.3) is 0 Å². The molecule has 22 heavy (non-hydrogen) atoms. The first-order chi connectivity index (χ1) is 10.4. The SMILES string of the molecule is Cc1c2c(c(C)n1C)C(=O)c1cc(CC(=O)O)ccc1OC2. The highest BCUT2D eigenvalue weighted by atomic mass is 16.5. The van der Waals surface area contributed by atoms with Gasteiger partial charge < -0.3 is 14.4 Å². The largest absolute Gasteiger partial charge is 0.488 e. The van der Waals surface area contributed by atoms with Crippen molar-refractivity contribution in [3.8, 4) is 5.75 Å². The van der Waals surface area contributed by atoms with Crippen molar-refractivity contribution in [2.24, 2.45) is 7.05 Å². The molecule has 2 heterocycles. The van der Waals surface area contributed by atoms with Crippen molar-refractivity contribution < 1.29 is 19.4 Å². The van der Waals surface area contributed by atoms with Gasteiger partial charge in [-0.3, -0.25) is 9.59 Å². The first kappa shape index (κ1) is 14.4. The van der Waals surface area contributed by atoms with Crippen molar-refractivity contribution in [3.05, 3.63) is 51.8 Å². The van der Waals surface area contributed by atoms with Gasteiger partial charge in [0.2, 0.25) is 0 Å². The first-order valence-electron chi connectivity index (χ1n) is 7.07. The van der Waals surface area contributed by atoms with Crippen LogP contribution in [-0.4, -0.2) is 21.4 Å². The number of aliphatic carboxylic acids is 1. The van der Waals surface area contributed by atoms with Crippen molar-refractivity contribution in [3.63, 3.8) is 0 Å². The summed E-state index contributed by atoms with van der Waals surface area (Å²) in [5.74, 6) is -0.512. The summed E-state index contributed by atoms with van der Waals surface area (Å²) >= 11 is 0. The molecule has 0 saturated heterocycles. The molecule has 1 aromatic heterocycles. The lowest BCUT2D eigenvalue weighted by molar-refractivity contribution is -0.136. The van der Waals surface area contributed by atoms with E-state index in [1.807, 2.05) is 25.5 Å². The predicted octanol–water partition coefficient (Wildman–Crippen LogP) is 2.39. The zero-order valence-corrected chi connectivity index (χ0v) is 12.8. The summed E-state index contributed by atoms with van der Waals surface area (Å²) in [6, 6.07) is 5.00. The number of fused-ring (bicyclic) bond motifs is 2. The molecule has 1 aromatic carbocycles. The zero-order chi connectivity index (χ0) is 16.0. The Balaban J connectivity index is 2.15. The summed E-state index contributed by atoms with van der Waals surface area (Å²) in [5, 5.41) is 8.91. The molecule has 0 bridgehead atoms. The van der Waals surface area contributed by atoms with Crippen LogP contribution in [0.5, 0.6) is 5.75 Å². The van der Waals surface area contributed by atoms with Gasteiger partial charge in [0, 0.05) is 24.0 Å². The molecule has 0 unspecified atom stereocenters. The Morgan fingerprint density at radius 1 is 1.32 bits per heavy atom. The summed E-state index contributed by atoms with van der Waals surface area (Å²) < 4.78 is 7.76. The van der Waals surface area contributed by atoms with Gasteiger partial charge in [-0.2, -0.15) is 0 Å². The van der Waals surface area contributed by atoms with E-state index in [0.717, 1.165) is 17.0 Å². The number of carboxylic acids is 1. The Hall–Kier alpha value is -2.56. The summed E-state index contributed by atoms with van der Waals surface area (Å²) in [6.07, 6.45) is -0.111. The van der Waals surface area contributed by atoms with E-state index in [9.17, 15) is 9.59 Å². The number of rotatable bonds is 2. The van der Waals surface area contributed by atoms with E-state index >= 15 is 0 Å². The monoisotopic (exact) mass is 299 g/mol. The quantitative estimate of drug-likeness (QED) is 0.924. The van der Waals surface area contributed by atoms with E-state index in [4.69, 9.17) is 9.84 Å². The van der Waals surface area contributed by atoms with Gasteiger partial charge >= 0.3 is 5.97 Å². The van der Waals surface area contributed by atoms with Crippen LogP contribution in [0.3, 0.4) is 0 Å². The average molecular weight is 299 g/mol. The van der Waals surface area contributed by atoms with Crippen LogP contribution in [-0.2, 0) is 24.9 Å². The van der Waals surface area contributed by atoms with Crippen LogP contribution in [0.15, 0.2) is 18.2 Å². The maximum atomic E-state index is 12.9. The van der Waals surface area contributed by atoms with Gasteiger partial charge in [0.15, 0.2) is 5.78 Å². The van der Waals surface area contributed by atoms with E-state index in [1.54, 1.807) is 18.2 Å². The maximum absolute atomic E-state index is 12.9. The van der Waals surface area contributed by atoms with Crippen molar-refractivity contribution >= 4 is 11.8 Å². The average Bonchev–Trinajstić information content (AvgIpc) is 2.61. The Kier molecular flexibility index (Phi) is 3.28. The van der Waals surface area contributed by atoms with Crippen molar-refractivity contribution in [1.29, 1.82) is 0 Å². The summed E-state index contributed by atoms with van der Waals surface area (Å²) in [6.45, 7) is 4.23. The van der Waals surface area contributed by atoms with E-state index in [0.29, 0.717) is 29.0 Å². The van der Waals surface area contributed by atoms with Crippen molar-refractivity contribution in [1.82, 2.24) is 4.57 Å². The van der Waals surface area contributed by atoms with Gasteiger partial charge in [-0.05, 0) is 31.5 Å². The van der Waals surface area contributed by atoms with E-state index in [-0.39, 0.29) is 12.2 Å². The number of carboxylic acid groups (broad SMARTS) is 1. The number of hydrogen-bond acceptors (Lipinski definition) is 3. The molecule has 0 spiro atoms. The number of ether oxygens (including phenoxy) is 1. The van der Waals surface area contributed by atoms with Crippen LogP contribution in [0, 0.1) is 13.8 Å². The lowest BCUT2D eigenvalue weighted by atomic mass is 9.97. The molecular weight excluding hydrogens is 282 g/mol. The van der Waals surface area contributed by atoms with E-state index in [1.165, 1.54) is 0 Å². The molecule has 5 heteroatoms. The van der Waals surface area contributed by atoms with Crippen molar-refractivity contribution in [2.75, 3.05) is 0 Å². The minimum absolute atomic E-state index is 0.101. The second-order valence-corrected chi connectivity index (χ2v) is 5.60. The predicted molar refractivity (Wildman–Crippen MR) is 80.4 cm³/mol. The number of carbonyl (C=O) groups is 2. The van der Waals surface area contributed by atoms with Crippen LogP contribution < -0.4 is 4.74 Å². The molecule has 0 saturated carbocycles. The summed E-state index contributed by atoms with van der Waals surface area (Å²) in [7, 11) is 1.92. The molecule has 0 radical (unpaired) electrons. The highest BCUT2D eigenvalue weighted by Gasteiger charge is 2.28. The molecule has 5 nitrogen and oxygen atoms in total. The normalized spacial score (nSPS) is 13.1. The second-order valence-electron chi connectivity index (χ2n) is 5.60. The fraction of sp³-hybridized carbons (Fsp3) is 0.294. The first-order valence-corrected chi connectivity index (χ1v) is 7.07. The molecule has 0 amide bonds. The van der Waals surface area contributed by atoms with Gasteiger partial charge in [-0.1, -0.05) is 6.07 Å². The van der Waals surface area contributed by atoms with Crippen LogP contribution in [0.1, 0.15) is 38.4 Å². The molecule has 0 atom stereocenters. The topological polar surface area (TPSA) is 68.5 Å². The summed E-state index contributed by atoms with van der Waals surface area (Å²) in [4.78, 5) is 23.8. The standard InChI is InChI=1S/C17H17NO4/c1-9-13-8-22-14-5-4-11(7-15(19)20)6-12(14)17(21)16(13)10(2)18(9)3/h4-6H,7-8H2,1-3H3,(H,19,20). The van der Waals surface area contributed by atoms with Gasteiger partial charge in [0.1, 0.15) is 12.4 Å². The van der Waals surface area contributed by atoms with E-state index < -0.39 is 5.97 Å². The van der Waals surface area contributed by atoms with Crippen LogP contribution >= 0.6 is 0 Å². The molecule has 2 aromatic rings. The van der Waals surface area contributed by atoms with Crippen LogP contribution in [0.4, 0.5) is 0 Å². The molecule has 114 valence electrons. The molecule has 1 aliphatic heterocycles. The molecular formula is C17H17NO4. The third kappa shape index (κ3) is 2.09. The highest BCUT2D eigenvalue weighted by Crippen LogP contribution is 2.33. The number of ketones is 1. The Morgan fingerprint density at radius 3 is 2.73 bits per heavy atom. The molecule has 0 aliphatic carbocycles. The second kappa shape index (κ2) is 5.02. The summed E-state index contributed by atoms with van der Waals surface area (Å²) in [5.41, 5.74) is 4.52. The van der Waals surface area contributed by atoms with Crippen LogP contribution in [0.2, 0.25) is 0 Å². The van der Waals surface area contributed by atoms with Crippen molar-refractivity contribution in [2.45, 2.75) is 26.9 Å². The number of benzene rings is 1. The fourth-order valence-corrected chi connectivity index (χ4v) is 2.95. The highest BCUT2D eigenvalue weighted by molar-refractivity contribution is 6.13. The third-order valence-electron chi connectivity index (χ3n) is 4.35. The molecule has 1 aliphatic rings. The Morgan fingerprint density at radius 2 is 2.05 bits per heavy atom. The molecule has 3 rings (SSSR count). The van der Waals surface area contributed by atoms with Gasteiger partial charge in [-0.25, -0.2) is 0 Å². The minimum atomic E-state index is -0.922. The van der Waals surface area contributed by atoms with Gasteiger partial charge in [0.25, 0.3) is 0 Å². The number of carbonyl (C=O) groups excluding carboxylic acids is 1. The number of hydrogen-bond donors (Lipinski definition) is 1. The Bertz CT molecular complexity index is 801. The fourth-order valence-electron chi connectivity index (χ4n) is 2.95. The lowest BCUT2D eigenvalue weighted by Gasteiger charge is -2.09. The van der Waals surface area contributed by atoms with Gasteiger partial charge in [-0.15, -0.1) is 0 Å². The lowest BCUT2D eigenvalue weighted by Crippen LogP contribution is -2.06. The molecule has 1 N–H and O–H groups in total. The number of nitrogens with zero attached hydrogens (tertiary/aromatic N) is 1. The number of aromatic nitrogens is 1. The minimum Gasteiger partial charge on any atom is -0.488 e. The van der Waals surface area contributed by atoms with Gasteiger partial charge in [0.05, 0.1) is 17.5 Å². The third-order valence-corrected chi connectivity index (χ3v) is 4.35. The molecule has 0 fully saturated rings. The maximum Gasteiger partial charge on any atom is 0.307 e. The Labute approximate surface area is 128 Å².